The van der Waals surface area contributed by atoms with E-state index in [4.69, 9.17) is 4.74 Å². The van der Waals surface area contributed by atoms with E-state index in [1.807, 2.05) is 4.90 Å². The second kappa shape index (κ2) is 8.98. The molecule has 1 N–H and O–H groups in total. The molecule has 2 fully saturated rings. The van der Waals surface area contributed by atoms with Gasteiger partial charge in [-0.1, -0.05) is 26.8 Å². The molecule has 1 amide bonds. The Hall–Kier alpha value is -1.60. The number of amides is 1. The number of ether oxygens (including phenoxy) is 1. The minimum atomic E-state index is -4.37. The molecule has 0 radical (unpaired) electrons. The maximum atomic E-state index is 13.8. The van der Waals surface area contributed by atoms with Gasteiger partial charge in [0.2, 0.25) is 5.91 Å². The highest BCUT2D eigenvalue weighted by Gasteiger charge is 2.50. The summed E-state index contributed by atoms with van der Waals surface area (Å²) >= 11 is 0. The van der Waals surface area contributed by atoms with Gasteiger partial charge in [-0.15, -0.1) is 0 Å². The molecule has 2 aliphatic heterocycles. The molecule has 4 atom stereocenters. The Bertz CT molecular complexity index is 841. The summed E-state index contributed by atoms with van der Waals surface area (Å²) in [6.45, 7) is 8.80. The lowest BCUT2D eigenvalue weighted by Gasteiger charge is -2.40. The van der Waals surface area contributed by atoms with Crippen LogP contribution in [-0.4, -0.2) is 42.6 Å². The van der Waals surface area contributed by atoms with Crippen LogP contribution in [0.2, 0.25) is 0 Å². The lowest BCUT2D eigenvalue weighted by atomic mass is 9.73. The van der Waals surface area contributed by atoms with Crippen LogP contribution in [-0.2, 0) is 28.7 Å². The van der Waals surface area contributed by atoms with Crippen LogP contribution in [0, 0.1) is 17.3 Å². The summed E-state index contributed by atoms with van der Waals surface area (Å²) in [4.78, 5) is 15.6. The zero-order chi connectivity index (χ0) is 23.1. The summed E-state index contributed by atoms with van der Waals surface area (Å²) in [5.41, 5.74) is 0.451. The Morgan fingerprint density at radius 3 is 2.72 bits per heavy atom. The third kappa shape index (κ3) is 4.56. The molecule has 2 heterocycles. The number of rotatable bonds is 4. The summed E-state index contributed by atoms with van der Waals surface area (Å²) in [6, 6.07) is 4.65. The van der Waals surface area contributed by atoms with Crippen molar-refractivity contribution in [1.29, 1.82) is 0 Å². The van der Waals surface area contributed by atoms with Crippen LogP contribution in [0.1, 0.15) is 63.1 Å². The van der Waals surface area contributed by atoms with Crippen LogP contribution in [0.15, 0.2) is 18.2 Å². The zero-order valence-electron chi connectivity index (χ0n) is 19.3. The van der Waals surface area contributed by atoms with Gasteiger partial charge in [-0.05, 0) is 67.2 Å². The lowest BCUT2D eigenvalue weighted by molar-refractivity contribution is -0.145. The highest BCUT2D eigenvalue weighted by atomic mass is 19.4. The van der Waals surface area contributed by atoms with Crippen molar-refractivity contribution in [3.05, 3.63) is 34.9 Å². The summed E-state index contributed by atoms with van der Waals surface area (Å²) in [6.07, 6.45) is -0.202. The van der Waals surface area contributed by atoms with Gasteiger partial charge in [0.05, 0.1) is 17.6 Å². The van der Waals surface area contributed by atoms with E-state index in [2.05, 4.69) is 26.1 Å². The van der Waals surface area contributed by atoms with Gasteiger partial charge in [0.1, 0.15) is 0 Å². The number of carbonyl (C=O) groups excluding carboxylic acids is 1. The number of hydrogen-bond acceptors (Lipinski definition) is 3. The molecule has 1 aromatic carbocycles. The summed E-state index contributed by atoms with van der Waals surface area (Å²) in [7, 11) is 0. The molecule has 1 aromatic rings. The first-order valence-corrected chi connectivity index (χ1v) is 11.9. The second-order valence-corrected chi connectivity index (χ2v) is 10.3. The van der Waals surface area contributed by atoms with E-state index < -0.39 is 17.2 Å². The number of halogens is 3. The molecule has 178 valence electrons. The fraction of sp³-hybridized carbons (Fsp3) is 0.720. The van der Waals surface area contributed by atoms with Crippen LogP contribution in [0.3, 0.4) is 0 Å². The summed E-state index contributed by atoms with van der Waals surface area (Å²) in [5, 5.41) is 3.80. The van der Waals surface area contributed by atoms with E-state index >= 15 is 0 Å². The maximum Gasteiger partial charge on any atom is 0.416 e. The van der Waals surface area contributed by atoms with Gasteiger partial charge in [0.15, 0.2) is 0 Å². The second-order valence-electron chi connectivity index (χ2n) is 10.3. The van der Waals surface area contributed by atoms with Crippen LogP contribution in [0.4, 0.5) is 13.2 Å². The first kappa shape index (κ1) is 23.6. The first-order chi connectivity index (χ1) is 15.1. The van der Waals surface area contributed by atoms with E-state index in [1.165, 1.54) is 6.07 Å². The van der Waals surface area contributed by atoms with E-state index in [0.717, 1.165) is 50.5 Å². The normalized spacial score (nSPS) is 31.1. The van der Waals surface area contributed by atoms with Crippen molar-refractivity contribution in [2.24, 2.45) is 17.3 Å². The maximum absolute atomic E-state index is 13.8. The fourth-order valence-corrected chi connectivity index (χ4v) is 5.84. The Labute approximate surface area is 188 Å². The molecule has 0 bridgehead atoms. The third-order valence-electron chi connectivity index (χ3n) is 8.00. The molecular weight excluding hydrogens is 417 g/mol. The largest absolute Gasteiger partial charge is 0.416 e. The topological polar surface area (TPSA) is 41.6 Å². The number of nitrogens with one attached hydrogen (secondary N) is 1. The van der Waals surface area contributed by atoms with Crippen LogP contribution in [0.5, 0.6) is 0 Å². The molecule has 1 saturated heterocycles. The minimum absolute atomic E-state index is 0.111. The Morgan fingerprint density at radius 2 is 2.03 bits per heavy atom. The highest BCUT2D eigenvalue weighted by Crippen LogP contribution is 2.47. The Balaban J connectivity index is 1.48. The number of carbonyl (C=O) groups is 1. The molecule has 32 heavy (non-hydrogen) atoms. The summed E-state index contributed by atoms with van der Waals surface area (Å²) < 4.78 is 45.1. The smallest absolute Gasteiger partial charge is 0.381 e. The van der Waals surface area contributed by atoms with Crippen molar-refractivity contribution in [2.45, 2.75) is 77.7 Å². The van der Waals surface area contributed by atoms with Gasteiger partial charge < -0.3 is 15.0 Å². The predicted molar refractivity (Wildman–Crippen MR) is 117 cm³/mol. The van der Waals surface area contributed by atoms with Gasteiger partial charge in [-0.2, -0.15) is 13.2 Å². The number of nitrogens with zero attached hydrogens (tertiary/aromatic N) is 1. The first-order valence-electron chi connectivity index (χ1n) is 11.9. The fourth-order valence-electron chi connectivity index (χ4n) is 5.84. The van der Waals surface area contributed by atoms with E-state index in [9.17, 15) is 18.0 Å². The van der Waals surface area contributed by atoms with E-state index in [-0.39, 0.29) is 18.4 Å². The van der Waals surface area contributed by atoms with Crippen molar-refractivity contribution in [3.8, 4) is 0 Å². The number of hydrogen-bond donors (Lipinski definition) is 1. The number of alkyl halides is 3. The average Bonchev–Trinajstić information content (AvgIpc) is 3.19. The van der Waals surface area contributed by atoms with Crippen molar-refractivity contribution >= 4 is 5.91 Å². The Kier molecular flexibility index (Phi) is 6.61. The molecule has 7 heteroatoms. The van der Waals surface area contributed by atoms with Crippen LogP contribution in [0.25, 0.3) is 0 Å². The molecule has 0 aromatic heterocycles. The lowest BCUT2D eigenvalue weighted by Crippen LogP contribution is -2.49. The highest BCUT2D eigenvalue weighted by molar-refractivity contribution is 5.84. The molecule has 0 spiro atoms. The van der Waals surface area contributed by atoms with Crippen molar-refractivity contribution in [3.63, 3.8) is 0 Å². The molecule has 4 nitrogen and oxygen atoms in total. The van der Waals surface area contributed by atoms with Crippen molar-refractivity contribution in [1.82, 2.24) is 10.2 Å². The van der Waals surface area contributed by atoms with Crippen LogP contribution < -0.4 is 5.32 Å². The standard InChI is InChI=1S/C25H35F3N2O2/c1-16(2)24(9-6-21(13-24)29-22-8-11-32-15-17(22)3)23(31)30-10-7-18-4-5-20(25(26,27)28)12-19(18)14-30/h4-5,12,16-17,21-22,29H,6-11,13-15H2,1-3H3/t17-,21-,22+,24?/m1/s1. The monoisotopic (exact) mass is 452 g/mol. The quantitative estimate of drug-likeness (QED) is 0.714. The molecule has 1 aliphatic carbocycles. The zero-order valence-corrected chi connectivity index (χ0v) is 19.3. The molecule has 1 unspecified atom stereocenters. The van der Waals surface area contributed by atoms with E-state index in [1.54, 1.807) is 6.07 Å². The average molecular weight is 453 g/mol. The van der Waals surface area contributed by atoms with Gasteiger partial charge in [-0.25, -0.2) is 0 Å². The molecule has 4 rings (SSSR count). The predicted octanol–water partition coefficient (Wildman–Crippen LogP) is 4.80. The van der Waals surface area contributed by atoms with E-state index in [0.29, 0.717) is 36.5 Å². The van der Waals surface area contributed by atoms with Gasteiger partial charge in [-0.3, -0.25) is 4.79 Å². The molecular formula is C25H35F3N2O2. The molecule has 1 saturated carbocycles. The van der Waals surface area contributed by atoms with Gasteiger partial charge >= 0.3 is 6.18 Å². The Morgan fingerprint density at radius 1 is 1.25 bits per heavy atom. The summed E-state index contributed by atoms with van der Waals surface area (Å²) in [5.74, 6) is 0.742. The van der Waals surface area contributed by atoms with Gasteiger partial charge in [0, 0.05) is 31.8 Å². The van der Waals surface area contributed by atoms with Crippen molar-refractivity contribution in [2.75, 3.05) is 19.8 Å². The van der Waals surface area contributed by atoms with Crippen LogP contribution >= 0.6 is 0 Å². The third-order valence-corrected chi connectivity index (χ3v) is 8.00. The molecule has 3 aliphatic rings. The number of fused-ring (bicyclic) bond motifs is 1. The number of benzene rings is 1. The minimum Gasteiger partial charge on any atom is -0.381 e. The van der Waals surface area contributed by atoms with Gasteiger partial charge in [0.25, 0.3) is 0 Å². The SMILES string of the molecule is CC(C)C1(C(=O)N2CCc3ccc(C(F)(F)F)cc3C2)CC[C@@H](N[C@H]2CCOC[C@H]2C)C1. The van der Waals surface area contributed by atoms with Crippen molar-refractivity contribution < 1.29 is 22.7 Å².